The number of carbonyl (C=O) groups is 3. The van der Waals surface area contributed by atoms with Crippen molar-refractivity contribution in [2.75, 3.05) is 6.54 Å². The summed E-state index contributed by atoms with van der Waals surface area (Å²) in [6.45, 7) is 5.96. The van der Waals surface area contributed by atoms with E-state index in [1.807, 2.05) is 13.8 Å². The van der Waals surface area contributed by atoms with Gasteiger partial charge in [-0.05, 0) is 37.0 Å². The van der Waals surface area contributed by atoms with Crippen LogP contribution in [0, 0.1) is 16.7 Å². The Bertz CT molecular complexity index is 441. The second kappa shape index (κ2) is 5.43. The van der Waals surface area contributed by atoms with Crippen molar-refractivity contribution in [3.8, 4) is 0 Å². The SMILES string of the molecule is CC1CCC(CN2C(=O)CC(C)(C)CC2=O)(C(=O)O)CC1. The highest BCUT2D eigenvalue weighted by atomic mass is 16.4. The van der Waals surface area contributed by atoms with Gasteiger partial charge in [-0.25, -0.2) is 0 Å². The van der Waals surface area contributed by atoms with Crippen molar-refractivity contribution in [3.63, 3.8) is 0 Å². The number of amides is 2. The zero-order valence-corrected chi connectivity index (χ0v) is 13.1. The second-order valence-electron chi connectivity index (χ2n) is 7.66. The average molecular weight is 295 g/mol. The van der Waals surface area contributed by atoms with Gasteiger partial charge in [0.05, 0.1) is 5.41 Å². The molecule has 2 aliphatic rings. The lowest BCUT2D eigenvalue weighted by molar-refractivity contribution is -0.161. The van der Waals surface area contributed by atoms with E-state index in [2.05, 4.69) is 6.92 Å². The summed E-state index contributed by atoms with van der Waals surface area (Å²) in [6, 6.07) is 0. The van der Waals surface area contributed by atoms with Crippen LogP contribution < -0.4 is 0 Å². The van der Waals surface area contributed by atoms with E-state index in [9.17, 15) is 19.5 Å². The summed E-state index contributed by atoms with van der Waals surface area (Å²) in [5.41, 5.74) is -1.26. The van der Waals surface area contributed by atoms with Crippen LogP contribution in [-0.2, 0) is 14.4 Å². The Morgan fingerprint density at radius 1 is 1.19 bits per heavy atom. The van der Waals surface area contributed by atoms with E-state index >= 15 is 0 Å². The van der Waals surface area contributed by atoms with Gasteiger partial charge < -0.3 is 5.11 Å². The lowest BCUT2D eigenvalue weighted by Gasteiger charge is -2.42. The van der Waals surface area contributed by atoms with Crippen LogP contribution in [0.3, 0.4) is 0 Å². The van der Waals surface area contributed by atoms with Gasteiger partial charge in [0.15, 0.2) is 0 Å². The zero-order valence-electron chi connectivity index (χ0n) is 13.1. The van der Waals surface area contributed by atoms with Gasteiger partial charge in [-0.1, -0.05) is 20.8 Å². The number of carboxylic acids is 1. The minimum absolute atomic E-state index is 0.0444. The highest BCUT2D eigenvalue weighted by Gasteiger charge is 2.47. The molecule has 1 heterocycles. The number of hydrogen-bond acceptors (Lipinski definition) is 3. The van der Waals surface area contributed by atoms with Crippen molar-refractivity contribution >= 4 is 17.8 Å². The molecule has 2 fully saturated rings. The highest BCUT2D eigenvalue weighted by Crippen LogP contribution is 2.41. The molecule has 21 heavy (non-hydrogen) atoms. The molecule has 1 N–H and O–H groups in total. The number of carboxylic acid groups (broad SMARTS) is 1. The van der Waals surface area contributed by atoms with Crippen LogP contribution >= 0.6 is 0 Å². The Balaban J connectivity index is 2.16. The molecule has 5 nitrogen and oxygen atoms in total. The van der Waals surface area contributed by atoms with Gasteiger partial charge in [0.2, 0.25) is 11.8 Å². The third kappa shape index (κ3) is 3.27. The van der Waals surface area contributed by atoms with E-state index in [4.69, 9.17) is 0 Å². The molecule has 1 aliphatic heterocycles. The maximum atomic E-state index is 12.2. The number of hydrogen-bond donors (Lipinski definition) is 1. The Labute approximate surface area is 125 Å². The molecule has 0 aromatic rings. The number of aliphatic carboxylic acids is 1. The maximum absolute atomic E-state index is 12.2. The molecule has 2 rings (SSSR count). The third-order valence-electron chi connectivity index (χ3n) is 5.01. The Morgan fingerprint density at radius 3 is 2.10 bits per heavy atom. The van der Waals surface area contributed by atoms with E-state index in [1.165, 1.54) is 4.90 Å². The van der Waals surface area contributed by atoms with Gasteiger partial charge in [-0.2, -0.15) is 0 Å². The van der Waals surface area contributed by atoms with Crippen molar-refractivity contribution in [1.82, 2.24) is 4.90 Å². The van der Waals surface area contributed by atoms with E-state index in [-0.39, 0.29) is 23.8 Å². The molecule has 0 atom stereocenters. The summed E-state index contributed by atoms with van der Waals surface area (Å²) in [5, 5.41) is 9.63. The first-order valence-electron chi connectivity index (χ1n) is 7.72. The van der Waals surface area contributed by atoms with Crippen LogP contribution in [-0.4, -0.2) is 34.3 Å². The molecule has 118 valence electrons. The van der Waals surface area contributed by atoms with Gasteiger partial charge in [0.1, 0.15) is 0 Å². The molecule has 1 saturated carbocycles. The summed E-state index contributed by atoms with van der Waals surface area (Å²) in [6.07, 6.45) is 3.39. The molecular weight excluding hydrogens is 270 g/mol. The van der Waals surface area contributed by atoms with Crippen LogP contribution in [0.4, 0.5) is 0 Å². The Kier molecular flexibility index (Phi) is 4.13. The van der Waals surface area contributed by atoms with Crippen LogP contribution in [0.2, 0.25) is 0 Å². The topological polar surface area (TPSA) is 74.7 Å². The van der Waals surface area contributed by atoms with Gasteiger partial charge in [0, 0.05) is 19.4 Å². The highest BCUT2D eigenvalue weighted by molar-refractivity contribution is 5.99. The van der Waals surface area contributed by atoms with Crippen LogP contribution in [0.25, 0.3) is 0 Å². The molecular formula is C16H25NO4. The van der Waals surface area contributed by atoms with E-state index in [0.717, 1.165) is 12.8 Å². The summed E-state index contributed by atoms with van der Waals surface area (Å²) in [4.78, 5) is 37.4. The van der Waals surface area contributed by atoms with Crippen LogP contribution in [0.5, 0.6) is 0 Å². The molecule has 0 spiro atoms. The summed E-state index contributed by atoms with van der Waals surface area (Å²) in [7, 11) is 0. The second-order valence-corrected chi connectivity index (χ2v) is 7.66. The first-order chi connectivity index (χ1) is 9.65. The number of rotatable bonds is 3. The molecule has 0 radical (unpaired) electrons. The normalized spacial score (nSPS) is 33.1. The first-order valence-corrected chi connectivity index (χ1v) is 7.72. The summed E-state index contributed by atoms with van der Waals surface area (Å²) in [5.74, 6) is -0.810. The van der Waals surface area contributed by atoms with E-state index < -0.39 is 11.4 Å². The van der Waals surface area contributed by atoms with Crippen LogP contribution in [0.15, 0.2) is 0 Å². The minimum Gasteiger partial charge on any atom is -0.481 e. The number of likely N-dealkylation sites (tertiary alicyclic amines) is 1. The van der Waals surface area contributed by atoms with Crippen molar-refractivity contribution in [2.45, 2.75) is 59.3 Å². The van der Waals surface area contributed by atoms with Crippen molar-refractivity contribution in [1.29, 1.82) is 0 Å². The number of piperidine rings is 1. The molecule has 0 bridgehead atoms. The Morgan fingerprint density at radius 2 is 1.67 bits per heavy atom. The fraction of sp³-hybridized carbons (Fsp3) is 0.812. The zero-order chi connectivity index (χ0) is 15.8. The predicted octanol–water partition coefficient (Wildman–Crippen LogP) is 2.44. The first kappa shape index (κ1) is 16.0. The molecule has 0 aromatic heterocycles. The molecule has 0 aromatic carbocycles. The molecule has 2 amide bonds. The number of carbonyl (C=O) groups excluding carboxylic acids is 2. The third-order valence-corrected chi connectivity index (χ3v) is 5.01. The standard InChI is InChI=1S/C16H25NO4/c1-11-4-6-16(7-5-11,14(20)21)10-17-12(18)8-15(2,3)9-13(17)19/h11H,4-10H2,1-3H3,(H,20,21). The molecule has 1 saturated heterocycles. The fourth-order valence-corrected chi connectivity index (χ4v) is 3.44. The number of imide groups is 1. The molecule has 1 aliphatic carbocycles. The van der Waals surface area contributed by atoms with Crippen molar-refractivity contribution in [3.05, 3.63) is 0 Å². The van der Waals surface area contributed by atoms with Crippen molar-refractivity contribution in [2.24, 2.45) is 16.7 Å². The molecule has 5 heteroatoms. The van der Waals surface area contributed by atoms with Gasteiger partial charge in [0.25, 0.3) is 0 Å². The smallest absolute Gasteiger partial charge is 0.311 e. The largest absolute Gasteiger partial charge is 0.481 e. The van der Waals surface area contributed by atoms with Gasteiger partial charge in [-0.3, -0.25) is 19.3 Å². The number of nitrogens with zero attached hydrogens (tertiary/aromatic N) is 1. The lowest BCUT2D eigenvalue weighted by Crippen LogP contribution is -2.53. The van der Waals surface area contributed by atoms with Gasteiger partial charge >= 0.3 is 5.97 Å². The maximum Gasteiger partial charge on any atom is 0.311 e. The van der Waals surface area contributed by atoms with Crippen LogP contribution in [0.1, 0.15) is 59.3 Å². The van der Waals surface area contributed by atoms with Crippen molar-refractivity contribution < 1.29 is 19.5 Å². The van der Waals surface area contributed by atoms with Gasteiger partial charge in [-0.15, -0.1) is 0 Å². The monoisotopic (exact) mass is 295 g/mol. The quantitative estimate of drug-likeness (QED) is 0.811. The predicted molar refractivity (Wildman–Crippen MR) is 77.4 cm³/mol. The van der Waals surface area contributed by atoms with E-state index in [0.29, 0.717) is 31.6 Å². The summed E-state index contributed by atoms with van der Waals surface area (Å²) < 4.78 is 0. The van der Waals surface area contributed by atoms with E-state index in [1.54, 1.807) is 0 Å². The molecule has 0 unspecified atom stereocenters. The fourth-order valence-electron chi connectivity index (χ4n) is 3.44. The Hall–Kier alpha value is -1.39. The summed E-state index contributed by atoms with van der Waals surface area (Å²) >= 11 is 0. The average Bonchev–Trinajstić information content (AvgIpc) is 2.35. The minimum atomic E-state index is -0.945. The lowest BCUT2D eigenvalue weighted by atomic mass is 9.70.